The Morgan fingerprint density at radius 3 is 2.23 bits per heavy atom. The minimum absolute atomic E-state index is 0.0108. The molecular formula is C23H29N3O3S. The highest BCUT2D eigenvalue weighted by Gasteiger charge is 2.25. The number of aryl methyl sites for hydroxylation is 1. The van der Waals surface area contributed by atoms with Crippen LogP contribution in [0.2, 0.25) is 0 Å². The Hall–Kier alpha value is -2.48. The lowest BCUT2D eigenvalue weighted by molar-refractivity contribution is -0.122. The van der Waals surface area contributed by atoms with Crippen LogP contribution in [0.4, 0.5) is 0 Å². The van der Waals surface area contributed by atoms with E-state index in [1.807, 2.05) is 53.4 Å². The second-order valence-corrected chi connectivity index (χ2v) is 9.19. The molecule has 0 aliphatic carbocycles. The van der Waals surface area contributed by atoms with Crippen molar-refractivity contribution in [2.24, 2.45) is 0 Å². The smallest absolute Gasteiger partial charge is 0.236 e. The molecule has 0 bridgehead atoms. The number of piperazine rings is 1. The number of carbonyl (C=O) groups is 1. The molecule has 2 aromatic carbocycles. The van der Waals surface area contributed by atoms with Crippen molar-refractivity contribution in [2.75, 3.05) is 39.3 Å². The highest BCUT2D eigenvalue weighted by atomic mass is 32.2. The molecule has 1 saturated heterocycles. The number of sulfonamides is 1. The number of nitrogens with zero attached hydrogens (tertiary/aromatic N) is 2. The first-order valence-corrected chi connectivity index (χ1v) is 11.8. The molecule has 6 nitrogen and oxygen atoms in total. The van der Waals surface area contributed by atoms with Gasteiger partial charge in [0, 0.05) is 38.1 Å². The fourth-order valence-corrected chi connectivity index (χ4v) is 4.55. The van der Waals surface area contributed by atoms with Crippen molar-refractivity contribution in [3.8, 4) is 0 Å². The van der Waals surface area contributed by atoms with Crippen LogP contribution in [-0.4, -0.2) is 62.8 Å². The highest BCUT2D eigenvalue weighted by molar-refractivity contribution is 7.92. The van der Waals surface area contributed by atoms with Crippen molar-refractivity contribution >= 4 is 22.0 Å². The second kappa shape index (κ2) is 11.1. The standard InChI is InChI=1S/C23H29N3O3S/c27-23(24-14-7-12-21-8-3-1-4-9-21)20-25-15-17-26(18-16-25)30(28,29)19-13-22-10-5-2-6-11-22/h1-6,8-11,13,19H,7,12,14-18,20H2,(H,24,27)/b19-13+. The predicted molar refractivity (Wildman–Crippen MR) is 120 cm³/mol. The van der Waals surface area contributed by atoms with Gasteiger partial charge in [-0.2, -0.15) is 4.31 Å². The first kappa shape index (κ1) is 22.2. The first-order chi connectivity index (χ1) is 14.5. The number of hydrogen-bond acceptors (Lipinski definition) is 4. The van der Waals surface area contributed by atoms with Gasteiger partial charge in [-0.05, 0) is 30.0 Å². The Morgan fingerprint density at radius 1 is 0.933 bits per heavy atom. The maximum absolute atomic E-state index is 12.5. The van der Waals surface area contributed by atoms with E-state index in [0.717, 1.165) is 18.4 Å². The predicted octanol–water partition coefficient (Wildman–Crippen LogP) is 2.35. The molecule has 2 aromatic rings. The topological polar surface area (TPSA) is 69.7 Å². The summed E-state index contributed by atoms with van der Waals surface area (Å²) in [4.78, 5) is 14.2. The van der Waals surface area contributed by atoms with Crippen molar-refractivity contribution < 1.29 is 13.2 Å². The molecular weight excluding hydrogens is 398 g/mol. The number of nitrogens with one attached hydrogen (secondary N) is 1. The fraction of sp³-hybridized carbons (Fsp3) is 0.348. The fourth-order valence-electron chi connectivity index (χ4n) is 3.38. The Bertz CT molecular complexity index is 923. The minimum Gasteiger partial charge on any atom is -0.355 e. The minimum atomic E-state index is -3.45. The zero-order valence-corrected chi connectivity index (χ0v) is 17.9. The molecule has 1 aliphatic heterocycles. The average molecular weight is 428 g/mol. The number of carbonyl (C=O) groups excluding carboxylic acids is 1. The van der Waals surface area contributed by atoms with Crippen LogP contribution in [0.5, 0.6) is 0 Å². The lowest BCUT2D eigenvalue weighted by Crippen LogP contribution is -2.50. The van der Waals surface area contributed by atoms with Gasteiger partial charge in [0.05, 0.1) is 6.54 Å². The summed E-state index contributed by atoms with van der Waals surface area (Å²) in [5.74, 6) is -0.0108. The molecule has 7 heteroatoms. The number of amides is 1. The molecule has 1 heterocycles. The van der Waals surface area contributed by atoms with Crippen LogP contribution in [0.15, 0.2) is 66.1 Å². The van der Waals surface area contributed by atoms with Gasteiger partial charge in [-0.1, -0.05) is 60.7 Å². The van der Waals surface area contributed by atoms with Gasteiger partial charge in [-0.15, -0.1) is 0 Å². The quantitative estimate of drug-likeness (QED) is 0.624. The van der Waals surface area contributed by atoms with E-state index in [2.05, 4.69) is 17.4 Å². The van der Waals surface area contributed by atoms with Crippen LogP contribution in [0.3, 0.4) is 0 Å². The van der Waals surface area contributed by atoms with E-state index in [1.54, 1.807) is 6.08 Å². The molecule has 0 aromatic heterocycles. The Kier molecular flexibility index (Phi) is 8.19. The largest absolute Gasteiger partial charge is 0.355 e. The van der Waals surface area contributed by atoms with E-state index in [4.69, 9.17) is 0 Å². The molecule has 0 atom stereocenters. The lowest BCUT2D eigenvalue weighted by Gasteiger charge is -2.32. The van der Waals surface area contributed by atoms with E-state index < -0.39 is 10.0 Å². The Labute approximate surface area is 179 Å². The SMILES string of the molecule is O=C(CN1CCN(S(=O)(=O)/C=C/c2ccccc2)CC1)NCCCc1ccccc1. The Morgan fingerprint density at radius 2 is 1.57 bits per heavy atom. The summed E-state index contributed by atoms with van der Waals surface area (Å²) in [5.41, 5.74) is 2.12. The molecule has 1 N–H and O–H groups in total. The number of hydrogen-bond donors (Lipinski definition) is 1. The van der Waals surface area contributed by atoms with E-state index >= 15 is 0 Å². The molecule has 30 heavy (non-hydrogen) atoms. The summed E-state index contributed by atoms with van der Waals surface area (Å²) in [6.45, 7) is 2.84. The summed E-state index contributed by atoms with van der Waals surface area (Å²) in [6.07, 6.45) is 3.45. The van der Waals surface area contributed by atoms with Crippen LogP contribution in [0.25, 0.3) is 6.08 Å². The highest BCUT2D eigenvalue weighted by Crippen LogP contribution is 2.11. The van der Waals surface area contributed by atoms with Crippen molar-refractivity contribution in [1.82, 2.24) is 14.5 Å². The van der Waals surface area contributed by atoms with Gasteiger partial charge >= 0.3 is 0 Å². The average Bonchev–Trinajstić information content (AvgIpc) is 2.77. The molecule has 0 saturated carbocycles. The normalized spacial score (nSPS) is 16.0. The van der Waals surface area contributed by atoms with Crippen LogP contribution < -0.4 is 5.32 Å². The molecule has 1 aliphatic rings. The van der Waals surface area contributed by atoms with Gasteiger partial charge in [0.1, 0.15) is 0 Å². The molecule has 0 spiro atoms. The van der Waals surface area contributed by atoms with Crippen molar-refractivity contribution in [1.29, 1.82) is 0 Å². The molecule has 3 rings (SSSR count). The van der Waals surface area contributed by atoms with Crippen molar-refractivity contribution in [2.45, 2.75) is 12.8 Å². The van der Waals surface area contributed by atoms with Crippen LogP contribution in [0, 0.1) is 0 Å². The van der Waals surface area contributed by atoms with Gasteiger partial charge < -0.3 is 5.32 Å². The molecule has 1 amide bonds. The van der Waals surface area contributed by atoms with Crippen LogP contribution in [-0.2, 0) is 21.2 Å². The molecule has 160 valence electrons. The number of rotatable bonds is 9. The van der Waals surface area contributed by atoms with Gasteiger partial charge in [-0.25, -0.2) is 8.42 Å². The third-order valence-electron chi connectivity index (χ3n) is 5.10. The van der Waals surface area contributed by atoms with E-state index in [0.29, 0.717) is 39.3 Å². The lowest BCUT2D eigenvalue weighted by atomic mass is 10.1. The third kappa shape index (κ3) is 7.09. The summed E-state index contributed by atoms with van der Waals surface area (Å²) in [6, 6.07) is 19.6. The van der Waals surface area contributed by atoms with Crippen LogP contribution >= 0.6 is 0 Å². The van der Waals surface area contributed by atoms with Gasteiger partial charge in [0.15, 0.2) is 0 Å². The van der Waals surface area contributed by atoms with E-state index in [-0.39, 0.29) is 5.91 Å². The van der Waals surface area contributed by atoms with Crippen molar-refractivity contribution in [3.05, 3.63) is 77.2 Å². The maximum Gasteiger partial charge on any atom is 0.236 e. The molecule has 0 radical (unpaired) electrons. The van der Waals surface area contributed by atoms with Crippen LogP contribution in [0.1, 0.15) is 17.5 Å². The molecule has 1 fully saturated rings. The zero-order chi connectivity index (χ0) is 21.2. The summed E-state index contributed by atoms with van der Waals surface area (Å²) in [7, 11) is -3.45. The molecule has 0 unspecified atom stereocenters. The second-order valence-electron chi connectivity index (χ2n) is 7.37. The van der Waals surface area contributed by atoms with Gasteiger partial charge in [0.2, 0.25) is 15.9 Å². The first-order valence-electron chi connectivity index (χ1n) is 10.3. The zero-order valence-electron chi connectivity index (χ0n) is 17.1. The maximum atomic E-state index is 12.5. The van der Waals surface area contributed by atoms with E-state index in [9.17, 15) is 13.2 Å². The summed E-state index contributed by atoms with van der Waals surface area (Å²) >= 11 is 0. The van der Waals surface area contributed by atoms with Crippen molar-refractivity contribution in [3.63, 3.8) is 0 Å². The summed E-state index contributed by atoms with van der Waals surface area (Å²) < 4.78 is 26.5. The Balaban J connectivity index is 1.36. The third-order valence-corrected chi connectivity index (χ3v) is 6.66. The monoisotopic (exact) mass is 427 g/mol. The van der Waals surface area contributed by atoms with Gasteiger partial charge in [-0.3, -0.25) is 9.69 Å². The number of benzene rings is 2. The summed E-state index contributed by atoms with van der Waals surface area (Å²) in [5, 5.41) is 4.22. The van der Waals surface area contributed by atoms with E-state index in [1.165, 1.54) is 15.3 Å². The van der Waals surface area contributed by atoms with Gasteiger partial charge in [0.25, 0.3) is 0 Å².